The Labute approximate surface area is 224 Å². The van der Waals surface area contributed by atoms with Crippen LogP contribution in [0.1, 0.15) is 11.3 Å². The molecule has 12 nitrogen and oxygen atoms in total. The number of thioether (sulfide) groups is 2. The fourth-order valence-electron chi connectivity index (χ4n) is 3.87. The number of nitrogens with two attached hydrogens (primary N) is 1. The molecule has 5 heterocycles. The third-order valence-electron chi connectivity index (χ3n) is 5.51. The SMILES string of the molecule is Nc1nc(C(=NO)C(=O)NC2C(=O)N3C(C(=O)O)=C(C=CSC4=Cc5ccoc5[S+]([O-])C4)CS[C@@H]23)cs1. The number of hydrogen-bond donors (Lipinski definition) is 4. The van der Waals surface area contributed by atoms with Gasteiger partial charge in [0.05, 0.1) is 11.8 Å². The molecule has 0 bridgehead atoms. The van der Waals surface area contributed by atoms with Gasteiger partial charge in [-0.05, 0) is 29.2 Å². The van der Waals surface area contributed by atoms with E-state index < -0.39 is 46.1 Å². The molecule has 2 unspecified atom stereocenters. The number of nitrogens with one attached hydrogen (secondary N) is 1. The van der Waals surface area contributed by atoms with E-state index in [0.29, 0.717) is 10.7 Å². The zero-order valence-corrected chi connectivity index (χ0v) is 21.8. The van der Waals surface area contributed by atoms with E-state index in [1.165, 1.54) is 35.2 Å². The quantitative estimate of drug-likeness (QED) is 0.122. The van der Waals surface area contributed by atoms with Gasteiger partial charge in [0.2, 0.25) is 0 Å². The van der Waals surface area contributed by atoms with Crippen molar-refractivity contribution in [3.63, 3.8) is 0 Å². The van der Waals surface area contributed by atoms with Gasteiger partial charge in [0.15, 0.2) is 10.8 Å². The van der Waals surface area contributed by atoms with Crippen LogP contribution in [0, 0.1) is 0 Å². The Morgan fingerprint density at radius 3 is 2.97 bits per heavy atom. The van der Waals surface area contributed by atoms with Crippen LogP contribution in [-0.4, -0.2) is 71.2 Å². The Hall–Kier alpha value is -3.18. The second kappa shape index (κ2) is 10.3. The van der Waals surface area contributed by atoms with Crippen LogP contribution in [0.25, 0.3) is 6.08 Å². The van der Waals surface area contributed by atoms with E-state index in [-0.39, 0.29) is 28.0 Å². The van der Waals surface area contributed by atoms with Crippen molar-refractivity contribution in [1.82, 2.24) is 15.2 Å². The number of fused-ring (bicyclic) bond motifs is 2. The fourth-order valence-corrected chi connectivity index (χ4v) is 7.96. The molecule has 5 rings (SSSR count). The molecule has 0 saturated carbocycles. The van der Waals surface area contributed by atoms with E-state index in [1.807, 2.05) is 6.08 Å². The highest BCUT2D eigenvalue weighted by Crippen LogP contribution is 2.41. The van der Waals surface area contributed by atoms with Crippen molar-refractivity contribution >= 4 is 80.7 Å². The first-order valence-corrected chi connectivity index (χ1v) is 14.6. The standard InChI is InChI=1S/C21H17N5O7S4/c22-21-23-12(7-36-21)13(25-31)16(27)24-14-17(28)26-15(19(29)30)10(6-35-18(14)26)2-4-34-11-5-9-1-3-33-20(9)37(32)8-11/h1-5,7,14,18,31H,6,8H2,(H2,22,23)(H,24,27)(H,29,30)/t14?,18-,37?/m0/s1. The molecule has 37 heavy (non-hydrogen) atoms. The van der Waals surface area contributed by atoms with Crippen LogP contribution < -0.4 is 11.1 Å². The predicted octanol–water partition coefficient (Wildman–Crippen LogP) is 1.64. The number of aliphatic carboxylic acids is 1. The molecule has 5 N–H and O–H groups in total. The van der Waals surface area contributed by atoms with Crippen molar-refractivity contribution < 1.29 is 33.7 Å². The number of furan rings is 1. The number of carboxylic acid groups (broad SMARTS) is 1. The van der Waals surface area contributed by atoms with Gasteiger partial charge in [-0.3, -0.25) is 14.5 Å². The van der Waals surface area contributed by atoms with E-state index in [1.54, 1.807) is 17.6 Å². The first-order valence-electron chi connectivity index (χ1n) is 10.4. The van der Waals surface area contributed by atoms with Crippen LogP contribution in [0.3, 0.4) is 0 Å². The van der Waals surface area contributed by atoms with Gasteiger partial charge in [-0.15, -0.1) is 23.1 Å². The number of rotatable bonds is 7. The topological polar surface area (TPSA) is 194 Å². The van der Waals surface area contributed by atoms with E-state index in [4.69, 9.17) is 10.2 Å². The summed E-state index contributed by atoms with van der Waals surface area (Å²) in [6, 6.07) is 0.720. The maximum absolute atomic E-state index is 12.9. The number of anilines is 1. The highest BCUT2D eigenvalue weighted by atomic mass is 32.2. The lowest BCUT2D eigenvalue weighted by Gasteiger charge is -2.49. The minimum Gasteiger partial charge on any atom is -0.609 e. The molecule has 1 saturated heterocycles. The number of allylic oxidation sites excluding steroid dienone is 1. The number of β-lactam (4-membered cyclic amide) rings is 1. The predicted molar refractivity (Wildman–Crippen MR) is 139 cm³/mol. The van der Waals surface area contributed by atoms with Crippen molar-refractivity contribution in [2.75, 3.05) is 17.2 Å². The van der Waals surface area contributed by atoms with Crippen LogP contribution in [0.15, 0.2) is 60.0 Å². The van der Waals surface area contributed by atoms with Gasteiger partial charge in [0.1, 0.15) is 28.6 Å². The minimum absolute atomic E-state index is 0.0550. The van der Waals surface area contributed by atoms with Crippen molar-refractivity contribution in [3.05, 3.63) is 56.6 Å². The summed E-state index contributed by atoms with van der Waals surface area (Å²) < 4.78 is 17.5. The second-order valence-corrected chi connectivity index (χ2v) is 12.1. The Morgan fingerprint density at radius 1 is 1.46 bits per heavy atom. The first kappa shape index (κ1) is 25.5. The summed E-state index contributed by atoms with van der Waals surface area (Å²) in [5, 5.41) is 27.7. The number of carbonyl (C=O) groups excluding carboxylic acids is 2. The lowest BCUT2D eigenvalue weighted by Crippen LogP contribution is -2.71. The van der Waals surface area contributed by atoms with Crippen LogP contribution >= 0.6 is 34.9 Å². The third kappa shape index (κ3) is 4.77. The van der Waals surface area contributed by atoms with E-state index >= 15 is 0 Å². The molecule has 0 spiro atoms. The number of amides is 2. The number of thiazole rings is 1. The Balaban J connectivity index is 1.29. The van der Waals surface area contributed by atoms with Gasteiger partial charge < -0.3 is 30.3 Å². The highest BCUT2D eigenvalue weighted by molar-refractivity contribution is 8.07. The van der Waals surface area contributed by atoms with Gasteiger partial charge in [-0.2, -0.15) is 0 Å². The number of carbonyl (C=O) groups is 3. The van der Waals surface area contributed by atoms with E-state index in [9.17, 15) is 29.3 Å². The summed E-state index contributed by atoms with van der Waals surface area (Å²) in [4.78, 5) is 43.4. The summed E-state index contributed by atoms with van der Waals surface area (Å²) in [7, 11) is 0. The number of carboxylic acids is 1. The summed E-state index contributed by atoms with van der Waals surface area (Å²) in [6.07, 6.45) is 4.96. The molecule has 3 atom stereocenters. The molecule has 0 radical (unpaired) electrons. The summed E-state index contributed by atoms with van der Waals surface area (Å²) in [6.45, 7) is 0. The summed E-state index contributed by atoms with van der Waals surface area (Å²) >= 11 is 2.36. The lowest BCUT2D eigenvalue weighted by molar-refractivity contribution is -0.150. The molecular formula is C21H17N5O7S4. The monoisotopic (exact) mass is 579 g/mol. The zero-order valence-electron chi connectivity index (χ0n) is 18.5. The smallest absolute Gasteiger partial charge is 0.352 e. The summed E-state index contributed by atoms with van der Waals surface area (Å²) in [5.74, 6) is -2.15. The second-order valence-electron chi connectivity index (χ2n) is 7.74. The number of nitrogen functional groups attached to an aromatic ring is 1. The Kier molecular flexibility index (Phi) is 7.09. The number of hydrogen-bond acceptors (Lipinski definition) is 12. The van der Waals surface area contributed by atoms with Crippen molar-refractivity contribution in [2.24, 2.45) is 5.16 Å². The molecule has 2 aromatic heterocycles. The maximum atomic E-state index is 12.9. The van der Waals surface area contributed by atoms with Crippen LogP contribution in [0.4, 0.5) is 5.13 Å². The molecule has 3 aliphatic heterocycles. The molecule has 2 amide bonds. The van der Waals surface area contributed by atoms with Crippen molar-refractivity contribution in [2.45, 2.75) is 16.5 Å². The molecule has 192 valence electrons. The Bertz CT molecular complexity index is 1410. The normalized spacial score (nSPS) is 23.4. The molecule has 16 heteroatoms. The van der Waals surface area contributed by atoms with Crippen LogP contribution in [0.5, 0.6) is 0 Å². The Morgan fingerprint density at radius 2 is 2.27 bits per heavy atom. The average molecular weight is 580 g/mol. The lowest BCUT2D eigenvalue weighted by atomic mass is 10.0. The number of aromatic nitrogens is 1. The molecule has 3 aliphatic rings. The van der Waals surface area contributed by atoms with Gasteiger partial charge in [0.25, 0.3) is 11.8 Å². The largest absolute Gasteiger partial charge is 0.609 e. The van der Waals surface area contributed by atoms with Gasteiger partial charge >= 0.3 is 11.1 Å². The highest BCUT2D eigenvalue weighted by Gasteiger charge is 2.54. The van der Waals surface area contributed by atoms with Gasteiger partial charge in [0, 0.05) is 27.2 Å². The average Bonchev–Trinajstić information content (AvgIpc) is 3.52. The minimum atomic E-state index is -1.29. The molecule has 2 aromatic rings. The van der Waals surface area contributed by atoms with Crippen LogP contribution in [0.2, 0.25) is 0 Å². The molecule has 0 aliphatic carbocycles. The number of nitrogens with zero attached hydrogens (tertiary/aromatic N) is 3. The summed E-state index contributed by atoms with van der Waals surface area (Å²) in [5.41, 5.74) is 6.21. The number of oxime groups is 1. The van der Waals surface area contributed by atoms with Gasteiger partial charge in [-0.1, -0.05) is 16.9 Å². The molecule has 0 aromatic carbocycles. The van der Waals surface area contributed by atoms with E-state index in [0.717, 1.165) is 26.7 Å². The maximum Gasteiger partial charge on any atom is 0.352 e. The molecular weight excluding hydrogens is 563 g/mol. The zero-order chi connectivity index (χ0) is 26.3. The third-order valence-corrected chi connectivity index (χ3v) is 9.82. The van der Waals surface area contributed by atoms with Gasteiger partial charge in [-0.25, -0.2) is 9.78 Å². The van der Waals surface area contributed by atoms with Crippen molar-refractivity contribution in [1.29, 1.82) is 0 Å². The first-order chi connectivity index (χ1) is 17.8. The van der Waals surface area contributed by atoms with E-state index in [2.05, 4.69) is 15.5 Å². The van der Waals surface area contributed by atoms with Crippen LogP contribution in [-0.2, 0) is 25.6 Å². The van der Waals surface area contributed by atoms with Crippen molar-refractivity contribution in [3.8, 4) is 0 Å². The molecule has 1 fully saturated rings. The fraction of sp³-hybridized carbons (Fsp3) is 0.190.